The van der Waals surface area contributed by atoms with Gasteiger partial charge in [0.2, 0.25) is 5.82 Å². The number of H-pyrrole nitrogens is 1. The number of hydrogen-bond acceptors (Lipinski definition) is 5. The summed E-state index contributed by atoms with van der Waals surface area (Å²) in [5.41, 5.74) is 1.49. The van der Waals surface area contributed by atoms with E-state index in [9.17, 15) is 9.18 Å². The van der Waals surface area contributed by atoms with Crippen molar-refractivity contribution in [2.24, 2.45) is 0 Å². The van der Waals surface area contributed by atoms with E-state index in [1.165, 1.54) is 29.5 Å². The van der Waals surface area contributed by atoms with Crippen molar-refractivity contribution in [2.45, 2.75) is 0 Å². The van der Waals surface area contributed by atoms with E-state index in [1.807, 2.05) is 6.07 Å². The molecule has 3 aromatic rings. The molecule has 2 heterocycles. The molecule has 22 heavy (non-hydrogen) atoms. The first-order valence-corrected chi connectivity index (χ1v) is 7.00. The van der Waals surface area contributed by atoms with Crippen LogP contribution < -0.4 is 0 Å². The van der Waals surface area contributed by atoms with Crippen molar-refractivity contribution < 1.29 is 14.3 Å². The SMILES string of the molecule is O=C(O)/C=C/c1sc(-c2ccc(F)cc2)cc1-c1nn[nH]n1. The fraction of sp³-hybridized carbons (Fsp3) is 0. The molecule has 0 amide bonds. The molecule has 0 radical (unpaired) electrons. The van der Waals surface area contributed by atoms with Gasteiger partial charge in [0.05, 0.1) is 0 Å². The third-order valence-corrected chi connectivity index (χ3v) is 4.00. The van der Waals surface area contributed by atoms with Gasteiger partial charge >= 0.3 is 5.97 Å². The first-order chi connectivity index (χ1) is 10.6. The van der Waals surface area contributed by atoms with Gasteiger partial charge in [0.1, 0.15) is 5.82 Å². The van der Waals surface area contributed by atoms with E-state index in [2.05, 4.69) is 20.6 Å². The van der Waals surface area contributed by atoms with Crippen LogP contribution in [0.5, 0.6) is 0 Å². The van der Waals surface area contributed by atoms with E-state index in [-0.39, 0.29) is 5.82 Å². The number of carboxylic acids is 1. The Kier molecular flexibility index (Phi) is 3.75. The highest BCUT2D eigenvalue weighted by atomic mass is 32.1. The van der Waals surface area contributed by atoms with E-state index >= 15 is 0 Å². The molecule has 0 aliphatic heterocycles. The summed E-state index contributed by atoms with van der Waals surface area (Å²) < 4.78 is 13.0. The molecule has 8 heteroatoms. The van der Waals surface area contributed by atoms with Gasteiger partial charge in [-0.05, 0) is 35.1 Å². The lowest BCUT2D eigenvalue weighted by Crippen LogP contribution is -1.86. The molecule has 2 N–H and O–H groups in total. The predicted molar refractivity (Wildman–Crippen MR) is 79.6 cm³/mol. The van der Waals surface area contributed by atoms with Crippen molar-refractivity contribution in [2.75, 3.05) is 0 Å². The van der Waals surface area contributed by atoms with Crippen LogP contribution in [0, 0.1) is 5.82 Å². The van der Waals surface area contributed by atoms with Crippen LogP contribution >= 0.6 is 11.3 Å². The lowest BCUT2D eigenvalue weighted by Gasteiger charge is -1.95. The van der Waals surface area contributed by atoms with Gasteiger partial charge in [-0.15, -0.1) is 21.5 Å². The number of thiophene rings is 1. The predicted octanol–water partition coefficient (Wildman–Crippen LogP) is 2.83. The molecule has 0 fully saturated rings. The van der Waals surface area contributed by atoms with Gasteiger partial charge in [0.25, 0.3) is 0 Å². The highest BCUT2D eigenvalue weighted by Crippen LogP contribution is 2.36. The Labute approximate surface area is 127 Å². The summed E-state index contributed by atoms with van der Waals surface area (Å²) in [5, 5.41) is 22.5. The van der Waals surface area contributed by atoms with Crippen LogP contribution in [-0.4, -0.2) is 31.7 Å². The highest BCUT2D eigenvalue weighted by molar-refractivity contribution is 7.16. The first kappa shape index (κ1) is 14.1. The van der Waals surface area contributed by atoms with Crippen molar-refractivity contribution in [3.8, 4) is 21.8 Å². The Morgan fingerprint density at radius 2 is 2.09 bits per heavy atom. The molecule has 0 spiro atoms. The molecule has 110 valence electrons. The number of nitrogens with one attached hydrogen (secondary N) is 1. The third-order valence-electron chi connectivity index (χ3n) is 2.85. The topological polar surface area (TPSA) is 91.8 Å². The van der Waals surface area contributed by atoms with E-state index in [1.54, 1.807) is 12.1 Å². The van der Waals surface area contributed by atoms with Gasteiger partial charge in [-0.1, -0.05) is 12.1 Å². The van der Waals surface area contributed by atoms with Crippen LogP contribution in [0.4, 0.5) is 4.39 Å². The zero-order chi connectivity index (χ0) is 15.5. The van der Waals surface area contributed by atoms with Gasteiger partial charge in [-0.3, -0.25) is 0 Å². The Bertz CT molecular complexity index is 825. The number of aliphatic carboxylic acids is 1. The molecule has 0 saturated carbocycles. The second-order valence-corrected chi connectivity index (χ2v) is 5.39. The monoisotopic (exact) mass is 316 g/mol. The molecule has 0 unspecified atom stereocenters. The molecule has 0 aliphatic rings. The first-order valence-electron chi connectivity index (χ1n) is 6.18. The maximum atomic E-state index is 13.0. The number of benzene rings is 1. The number of aromatic amines is 1. The second-order valence-electron chi connectivity index (χ2n) is 4.30. The van der Waals surface area contributed by atoms with E-state index < -0.39 is 5.97 Å². The van der Waals surface area contributed by atoms with Crippen molar-refractivity contribution in [3.05, 3.63) is 47.1 Å². The summed E-state index contributed by atoms with van der Waals surface area (Å²) in [5.74, 6) is -0.991. The molecule has 6 nitrogen and oxygen atoms in total. The quantitative estimate of drug-likeness (QED) is 0.722. The summed E-state index contributed by atoms with van der Waals surface area (Å²) in [7, 11) is 0. The number of nitrogens with zero attached hydrogens (tertiary/aromatic N) is 3. The molecule has 0 saturated heterocycles. The van der Waals surface area contributed by atoms with Crippen LogP contribution in [-0.2, 0) is 4.79 Å². The Morgan fingerprint density at radius 1 is 1.32 bits per heavy atom. The average molecular weight is 316 g/mol. The Morgan fingerprint density at radius 3 is 2.73 bits per heavy atom. The van der Waals surface area contributed by atoms with Crippen LogP contribution in [0.25, 0.3) is 27.9 Å². The molecular weight excluding hydrogens is 307 g/mol. The molecule has 3 rings (SSSR count). The van der Waals surface area contributed by atoms with Crippen molar-refractivity contribution in [1.29, 1.82) is 0 Å². The lowest BCUT2D eigenvalue weighted by molar-refractivity contribution is -0.131. The number of hydrogen-bond donors (Lipinski definition) is 2. The molecule has 0 aliphatic carbocycles. The molecule has 2 aromatic heterocycles. The molecule has 0 bridgehead atoms. The van der Waals surface area contributed by atoms with E-state index in [0.29, 0.717) is 16.3 Å². The average Bonchev–Trinajstić information content (AvgIpc) is 3.15. The maximum Gasteiger partial charge on any atom is 0.328 e. The largest absolute Gasteiger partial charge is 0.478 e. The van der Waals surface area contributed by atoms with E-state index in [4.69, 9.17) is 5.11 Å². The minimum atomic E-state index is -1.05. The number of halogens is 1. The zero-order valence-corrected chi connectivity index (χ0v) is 11.8. The van der Waals surface area contributed by atoms with E-state index in [0.717, 1.165) is 16.5 Å². The van der Waals surface area contributed by atoms with Gasteiger partial charge in [0, 0.05) is 21.4 Å². The highest BCUT2D eigenvalue weighted by Gasteiger charge is 2.14. The zero-order valence-electron chi connectivity index (χ0n) is 11.0. The number of carboxylic acid groups (broad SMARTS) is 1. The van der Waals surface area contributed by atoms with Crippen molar-refractivity contribution >= 4 is 23.4 Å². The van der Waals surface area contributed by atoms with Gasteiger partial charge in [0.15, 0.2) is 0 Å². The number of aromatic nitrogens is 4. The van der Waals surface area contributed by atoms with Gasteiger partial charge < -0.3 is 5.11 Å². The third kappa shape index (κ3) is 2.91. The fourth-order valence-corrected chi connectivity index (χ4v) is 2.95. The summed E-state index contributed by atoms with van der Waals surface area (Å²) in [4.78, 5) is 12.2. The minimum absolute atomic E-state index is 0.315. The molecule has 1 aromatic carbocycles. The standard InChI is InChI=1S/C14H9FN4O2S/c15-9-3-1-8(2-4-9)12-7-10(14-16-18-19-17-14)11(22-12)5-6-13(20)21/h1-7H,(H,20,21)(H,16,17,18,19)/b6-5+. The van der Waals surface area contributed by atoms with Crippen molar-refractivity contribution in [3.63, 3.8) is 0 Å². The fourth-order valence-electron chi connectivity index (χ4n) is 1.88. The van der Waals surface area contributed by atoms with Crippen LogP contribution in [0.3, 0.4) is 0 Å². The Hall–Kier alpha value is -2.87. The number of carbonyl (C=O) groups is 1. The maximum absolute atomic E-state index is 13.0. The lowest BCUT2D eigenvalue weighted by atomic mass is 10.1. The second kappa shape index (κ2) is 5.86. The normalized spacial score (nSPS) is 11.1. The smallest absolute Gasteiger partial charge is 0.328 e. The summed E-state index contributed by atoms with van der Waals surface area (Å²) in [6.45, 7) is 0. The number of tetrazole rings is 1. The molecule has 0 atom stereocenters. The van der Waals surface area contributed by atoms with Crippen LogP contribution in [0.1, 0.15) is 4.88 Å². The Balaban J connectivity index is 2.08. The van der Waals surface area contributed by atoms with Crippen LogP contribution in [0.15, 0.2) is 36.4 Å². The summed E-state index contributed by atoms with van der Waals surface area (Å²) >= 11 is 1.36. The van der Waals surface area contributed by atoms with Crippen molar-refractivity contribution in [1.82, 2.24) is 20.6 Å². The van der Waals surface area contributed by atoms with Gasteiger partial charge in [-0.2, -0.15) is 5.21 Å². The van der Waals surface area contributed by atoms with Gasteiger partial charge in [-0.25, -0.2) is 9.18 Å². The summed E-state index contributed by atoms with van der Waals surface area (Å²) in [6, 6.07) is 7.88. The number of rotatable bonds is 4. The summed E-state index contributed by atoms with van der Waals surface area (Å²) in [6.07, 6.45) is 2.52. The molecular formula is C14H9FN4O2S. The minimum Gasteiger partial charge on any atom is -0.478 e. The van der Waals surface area contributed by atoms with Crippen LogP contribution in [0.2, 0.25) is 0 Å².